The van der Waals surface area contributed by atoms with E-state index in [1.54, 1.807) is 18.4 Å². The van der Waals surface area contributed by atoms with Crippen molar-refractivity contribution in [1.29, 1.82) is 0 Å². The Labute approximate surface area is 133 Å². The van der Waals surface area contributed by atoms with E-state index in [1.165, 1.54) is 6.07 Å². The van der Waals surface area contributed by atoms with E-state index in [4.69, 9.17) is 9.15 Å². The Morgan fingerprint density at radius 3 is 3.00 bits per heavy atom. The number of benzene rings is 1. The summed E-state index contributed by atoms with van der Waals surface area (Å²) < 4.78 is 37.5. The number of ether oxygens (including phenoxy) is 1. The molecule has 0 aliphatic carbocycles. The summed E-state index contributed by atoms with van der Waals surface area (Å²) >= 11 is 0. The lowest BCUT2D eigenvalue weighted by atomic mass is 9.98. The molecule has 1 N–H and O–H groups in total. The van der Waals surface area contributed by atoms with Crippen LogP contribution in [0.4, 0.5) is 8.78 Å². The van der Waals surface area contributed by atoms with Gasteiger partial charge in [-0.1, -0.05) is 0 Å². The zero-order valence-electron chi connectivity index (χ0n) is 12.7. The minimum Gasteiger partial charge on any atom is -0.467 e. The van der Waals surface area contributed by atoms with Crippen LogP contribution in [0.3, 0.4) is 0 Å². The first kappa shape index (κ1) is 16.1. The molecule has 0 radical (unpaired) electrons. The summed E-state index contributed by atoms with van der Waals surface area (Å²) in [5.41, 5.74) is 1.23. The standard InChI is InChI=1S/C17H19F2NO3/c18-13-6-12-8-20(4-3-16(12)17(19)7-13)9-14(21)10-22-11-15-2-1-5-23-15/h1-2,5-7,14,21H,3-4,8-11H2. The Kier molecular flexibility index (Phi) is 5.05. The smallest absolute Gasteiger partial charge is 0.129 e. The Bertz CT molecular complexity index is 646. The molecule has 4 nitrogen and oxygen atoms in total. The van der Waals surface area contributed by atoms with Crippen LogP contribution in [0.25, 0.3) is 0 Å². The average Bonchev–Trinajstić information content (AvgIpc) is 3.00. The van der Waals surface area contributed by atoms with Gasteiger partial charge in [0.15, 0.2) is 0 Å². The van der Waals surface area contributed by atoms with Crippen molar-refractivity contribution >= 4 is 0 Å². The first-order valence-corrected chi connectivity index (χ1v) is 7.59. The van der Waals surface area contributed by atoms with Crippen LogP contribution in [0, 0.1) is 11.6 Å². The van der Waals surface area contributed by atoms with Crippen molar-refractivity contribution in [2.75, 3.05) is 19.7 Å². The number of hydrogen-bond donors (Lipinski definition) is 1. The average molecular weight is 323 g/mol. The van der Waals surface area contributed by atoms with Gasteiger partial charge < -0.3 is 14.3 Å². The van der Waals surface area contributed by atoms with E-state index in [0.717, 1.165) is 6.07 Å². The summed E-state index contributed by atoms with van der Waals surface area (Å²) in [5, 5.41) is 10.0. The molecule has 6 heteroatoms. The Morgan fingerprint density at radius 1 is 1.35 bits per heavy atom. The Balaban J connectivity index is 1.49. The number of aliphatic hydroxyl groups excluding tert-OH is 1. The monoisotopic (exact) mass is 323 g/mol. The predicted octanol–water partition coefficient (Wildman–Crippen LogP) is 2.49. The van der Waals surface area contributed by atoms with Crippen molar-refractivity contribution in [3.8, 4) is 0 Å². The second-order valence-corrected chi connectivity index (χ2v) is 5.76. The molecule has 2 aromatic rings. The summed E-state index contributed by atoms with van der Waals surface area (Å²) in [7, 11) is 0. The quantitative estimate of drug-likeness (QED) is 0.887. The van der Waals surface area contributed by atoms with Gasteiger partial charge in [-0.05, 0) is 35.7 Å². The van der Waals surface area contributed by atoms with Crippen LogP contribution < -0.4 is 0 Å². The molecule has 1 aliphatic rings. The number of halogens is 2. The number of β-amino-alcohol motifs (C(OH)–C–C–N with tert-alkyl or cyclic N) is 1. The molecule has 0 fully saturated rings. The first-order valence-electron chi connectivity index (χ1n) is 7.59. The second-order valence-electron chi connectivity index (χ2n) is 5.76. The van der Waals surface area contributed by atoms with E-state index in [1.807, 2.05) is 4.90 Å². The third-order valence-electron chi connectivity index (χ3n) is 3.93. The maximum atomic E-state index is 13.7. The summed E-state index contributed by atoms with van der Waals surface area (Å²) in [5.74, 6) is -0.345. The van der Waals surface area contributed by atoms with Crippen molar-refractivity contribution in [2.24, 2.45) is 0 Å². The molecule has 3 rings (SSSR count). The van der Waals surface area contributed by atoms with Gasteiger partial charge in [-0.25, -0.2) is 8.78 Å². The first-order chi connectivity index (χ1) is 11.1. The highest BCUT2D eigenvalue weighted by Crippen LogP contribution is 2.23. The SMILES string of the molecule is OC(COCc1ccco1)CN1CCc2c(F)cc(F)cc2C1. The van der Waals surface area contributed by atoms with E-state index < -0.39 is 17.7 Å². The lowest BCUT2D eigenvalue weighted by Crippen LogP contribution is -2.38. The van der Waals surface area contributed by atoms with E-state index in [-0.39, 0.29) is 6.61 Å². The lowest BCUT2D eigenvalue weighted by molar-refractivity contribution is 0.00302. The fourth-order valence-corrected chi connectivity index (χ4v) is 2.86. The number of fused-ring (bicyclic) bond motifs is 1. The Morgan fingerprint density at radius 2 is 2.22 bits per heavy atom. The molecule has 1 unspecified atom stereocenters. The van der Waals surface area contributed by atoms with Crippen LogP contribution >= 0.6 is 0 Å². The molecular weight excluding hydrogens is 304 g/mol. The summed E-state index contributed by atoms with van der Waals surface area (Å²) in [6.07, 6.45) is 1.42. The molecule has 0 spiro atoms. The summed E-state index contributed by atoms with van der Waals surface area (Å²) in [6.45, 7) is 1.95. The number of hydrogen-bond acceptors (Lipinski definition) is 4. The third-order valence-corrected chi connectivity index (χ3v) is 3.93. The highest BCUT2D eigenvalue weighted by atomic mass is 19.1. The fraction of sp³-hybridized carbons (Fsp3) is 0.412. The van der Waals surface area contributed by atoms with Crippen molar-refractivity contribution in [3.05, 3.63) is 59.1 Å². The van der Waals surface area contributed by atoms with Crippen molar-refractivity contribution in [3.63, 3.8) is 0 Å². The zero-order chi connectivity index (χ0) is 16.2. The van der Waals surface area contributed by atoms with Crippen LogP contribution in [-0.4, -0.2) is 35.8 Å². The maximum absolute atomic E-state index is 13.7. The molecule has 2 heterocycles. The summed E-state index contributed by atoms with van der Waals surface area (Å²) in [6, 6.07) is 5.87. The molecule has 1 atom stereocenters. The van der Waals surface area contributed by atoms with E-state index >= 15 is 0 Å². The molecule has 1 aliphatic heterocycles. The number of nitrogens with zero attached hydrogens (tertiary/aromatic N) is 1. The molecule has 0 amide bonds. The highest BCUT2D eigenvalue weighted by molar-refractivity contribution is 5.31. The lowest BCUT2D eigenvalue weighted by Gasteiger charge is -2.30. The van der Waals surface area contributed by atoms with Crippen LogP contribution in [0.15, 0.2) is 34.9 Å². The normalized spacial score (nSPS) is 16.3. The molecule has 1 aromatic heterocycles. The van der Waals surface area contributed by atoms with Gasteiger partial charge in [0.05, 0.1) is 19.0 Å². The van der Waals surface area contributed by atoms with E-state index in [0.29, 0.717) is 49.5 Å². The topological polar surface area (TPSA) is 45.8 Å². The molecule has 1 aromatic carbocycles. The van der Waals surface area contributed by atoms with Crippen molar-refractivity contribution < 1.29 is 23.0 Å². The van der Waals surface area contributed by atoms with Gasteiger partial charge in [0.2, 0.25) is 0 Å². The molecular formula is C17H19F2NO3. The van der Waals surface area contributed by atoms with Gasteiger partial charge in [0.1, 0.15) is 24.0 Å². The Hall–Kier alpha value is -1.76. The summed E-state index contributed by atoms with van der Waals surface area (Å²) in [4.78, 5) is 1.97. The second kappa shape index (κ2) is 7.21. The number of furan rings is 1. The molecule has 124 valence electrons. The van der Waals surface area contributed by atoms with Crippen LogP contribution in [0.5, 0.6) is 0 Å². The van der Waals surface area contributed by atoms with Crippen molar-refractivity contribution in [2.45, 2.75) is 25.7 Å². The van der Waals surface area contributed by atoms with E-state index in [9.17, 15) is 13.9 Å². The largest absolute Gasteiger partial charge is 0.467 e. The van der Waals surface area contributed by atoms with Crippen LogP contribution in [-0.2, 0) is 24.3 Å². The number of aliphatic hydroxyl groups is 1. The van der Waals surface area contributed by atoms with Gasteiger partial charge in [-0.3, -0.25) is 4.90 Å². The minimum atomic E-state index is -0.662. The van der Waals surface area contributed by atoms with Gasteiger partial charge in [-0.2, -0.15) is 0 Å². The fourth-order valence-electron chi connectivity index (χ4n) is 2.86. The van der Waals surface area contributed by atoms with Gasteiger partial charge in [0, 0.05) is 25.7 Å². The highest BCUT2D eigenvalue weighted by Gasteiger charge is 2.22. The van der Waals surface area contributed by atoms with Crippen molar-refractivity contribution in [1.82, 2.24) is 4.90 Å². The molecule has 0 saturated heterocycles. The van der Waals surface area contributed by atoms with Crippen LogP contribution in [0.1, 0.15) is 16.9 Å². The van der Waals surface area contributed by atoms with E-state index in [2.05, 4.69) is 0 Å². The van der Waals surface area contributed by atoms with Gasteiger partial charge >= 0.3 is 0 Å². The van der Waals surface area contributed by atoms with Crippen LogP contribution in [0.2, 0.25) is 0 Å². The maximum Gasteiger partial charge on any atom is 0.129 e. The van der Waals surface area contributed by atoms with Gasteiger partial charge in [-0.15, -0.1) is 0 Å². The minimum absolute atomic E-state index is 0.182. The third kappa shape index (κ3) is 4.16. The molecule has 23 heavy (non-hydrogen) atoms. The molecule has 0 saturated carbocycles. The number of rotatable bonds is 6. The predicted molar refractivity (Wildman–Crippen MR) is 79.7 cm³/mol. The molecule has 0 bridgehead atoms. The van der Waals surface area contributed by atoms with Gasteiger partial charge in [0.25, 0.3) is 0 Å². The zero-order valence-corrected chi connectivity index (χ0v) is 12.7.